The normalized spacial score (nSPS) is 12.3. The van der Waals surface area contributed by atoms with Crippen molar-refractivity contribution in [2.24, 2.45) is 0 Å². The average molecular weight is 687 g/mol. The zero-order chi connectivity index (χ0) is 35.4. The monoisotopic (exact) mass is 686 g/mol. The Morgan fingerprint density at radius 3 is 1.16 bits per heavy atom. The van der Waals surface area contributed by atoms with Gasteiger partial charge < -0.3 is 33.9 Å². The van der Waals surface area contributed by atoms with Gasteiger partial charge in [-0.2, -0.15) is 0 Å². The van der Waals surface area contributed by atoms with Crippen LogP contribution in [0.15, 0.2) is 48.5 Å². The molecular weight excluding hydrogens is 624 g/mol. The molecule has 0 heterocycles. The van der Waals surface area contributed by atoms with Gasteiger partial charge in [0, 0.05) is 0 Å². The molecule has 2 rings (SSSR count). The molecule has 9 nitrogen and oxygen atoms in total. The third-order valence-electron chi connectivity index (χ3n) is 8.40. The number of aliphatic carboxylic acids is 2. The fourth-order valence-corrected chi connectivity index (χ4v) is 5.56. The van der Waals surface area contributed by atoms with Crippen LogP contribution in [-0.4, -0.2) is 60.8 Å². The molecule has 0 aliphatic rings. The molecule has 0 amide bonds. The number of carboxylic acid groups (broad SMARTS) is 2. The third kappa shape index (κ3) is 19.4. The molecular formula is C40H62O9. The van der Waals surface area contributed by atoms with E-state index in [1.165, 1.54) is 64.2 Å². The number of benzene rings is 2. The maximum atomic E-state index is 11.9. The van der Waals surface area contributed by atoms with Gasteiger partial charge in [0.05, 0.1) is 13.2 Å². The van der Waals surface area contributed by atoms with E-state index in [1.54, 1.807) is 36.4 Å². The second-order valence-electron chi connectivity index (χ2n) is 12.6. The molecule has 276 valence electrons. The van der Waals surface area contributed by atoms with E-state index >= 15 is 0 Å². The van der Waals surface area contributed by atoms with Gasteiger partial charge in [-0.1, -0.05) is 128 Å². The summed E-state index contributed by atoms with van der Waals surface area (Å²) in [5.41, 5.74) is 0. The molecule has 0 fully saturated rings. The van der Waals surface area contributed by atoms with E-state index in [-0.39, 0.29) is 26.4 Å². The highest BCUT2D eigenvalue weighted by Gasteiger charge is 2.22. The summed E-state index contributed by atoms with van der Waals surface area (Å²) in [4.78, 5) is 23.8. The van der Waals surface area contributed by atoms with E-state index in [9.17, 15) is 19.8 Å². The van der Waals surface area contributed by atoms with Crippen LogP contribution in [0.4, 0.5) is 0 Å². The molecule has 9 heteroatoms. The molecule has 2 N–H and O–H groups in total. The zero-order valence-corrected chi connectivity index (χ0v) is 30.1. The van der Waals surface area contributed by atoms with Crippen molar-refractivity contribution in [3.63, 3.8) is 0 Å². The fraction of sp³-hybridized carbons (Fsp3) is 0.650. The van der Waals surface area contributed by atoms with Gasteiger partial charge in [-0.05, 0) is 49.9 Å². The van der Waals surface area contributed by atoms with E-state index < -0.39 is 24.1 Å². The van der Waals surface area contributed by atoms with Gasteiger partial charge in [0.15, 0.2) is 35.2 Å². The first-order valence-electron chi connectivity index (χ1n) is 18.8. The second-order valence-corrected chi connectivity index (χ2v) is 12.6. The highest BCUT2D eigenvalue weighted by molar-refractivity contribution is 5.73. The summed E-state index contributed by atoms with van der Waals surface area (Å²) >= 11 is 0. The lowest BCUT2D eigenvalue weighted by molar-refractivity contribution is -0.146. The summed E-state index contributed by atoms with van der Waals surface area (Å²) in [5, 5.41) is 19.5. The number of carboxylic acids is 2. The standard InChI is InChI=1S/C40H62O9/c1-3-5-7-9-11-13-15-17-27-37(39(41)42)48-35-25-21-19-23-33(35)46-31-29-45-30-32-47-34-24-20-22-26-36(34)49-38(40(43)44)28-18-16-14-12-10-8-6-4-2/h19-26,37-38H,3-18,27-32H2,1-2H3,(H,41,42)(H,43,44). The fourth-order valence-electron chi connectivity index (χ4n) is 5.56. The molecule has 49 heavy (non-hydrogen) atoms. The van der Waals surface area contributed by atoms with Gasteiger partial charge in [-0.15, -0.1) is 0 Å². The minimum Gasteiger partial charge on any atom is -0.487 e. The summed E-state index contributed by atoms with van der Waals surface area (Å²) < 4.78 is 29.2. The van der Waals surface area contributed by atoms with E-state index in [0.29, 0.717) is 35.8 Å². The number of rotatable bonds is 32. The molecule has 0 spiro atoms. The predicted octanol–water partition coefficient (Wildman–Crippen LogP) is 9.89. The molecule has 2 aromatic carbocycles. The molecule has 2 aromatic rings. The van der Waals surface area contributed by atoms with Gasteiger partial charge >= 0.3 is 11.9 Å². The third-order valence-corrected chi connectivity index (χ3v) is 8.40. The average Bonchev–Trinajstić information content (AvgIpc) is 3.10. The maximum Gasteiger partial charge on any atom is 0.344 e. The molecule has 2 atom stereocenters. The van der Waals surface area contributed by atoms with Crippen LogP contribution in [0.2, 0.25) is 0 Å². The predicted molar refractivity (Wildman–Crippen MR) is 193 cm³/mol. The maximum absolute atomic E-state index is 11.9. The van der Waals surface area contributed by atoms with Crippen molar-refractivity contribution in [1.82, 2.24) is 0 Å². The van der Waals surface area contributed by atoms with Crippen LogP contribution in [0.3, 0.4) is 0 Å². The lowest BCUT2D eigenvalue weighted by Gasteiger charge is -2.18. The number of para-hydroxylation sites is 4. The SMILES string of the molecule is CCCCCCCCCCC(Oc1ccccc1OCCOCCOc1ccccc1OC(CCCCCCCCCC)C(=O)O)C(=O)O. The Bertz CT molecular complexity index is 1050. The summed E-state index contributed by atoms with van der Waals surface area (Å²) in [7, 11) is 0. The molecule has 0 aliphatic carbocycles. The first-order chi connectivity index (χ1) is 24.0. The highest BCUT2D eigenvalue weighted by atomic mass is 16.6. The summed E-state index contributed by atoms with van der Waals surface area (Å²) in [6.45, 7) is 5.48. The van der Waals surface area contributed by atoms with Crippen molar-refractivity contribution in [2.45, 2.75) is 142 Å². The van der Waals surface area contributed by atoms with Crippen LogP contribution in [-0.2, 0) is 14.3 Å². The molecule has 0 saturated heterocycles. The van der Waals surface area contributed by atoms with Crippen molar-refractivity contribution < 1.29 is 43.5 Å². The van der Waals surface area contributed by atoms with Crippen molar-refractivity contribution >= 4 is 11.9 Å². The number of unbranched alkanes of at least 4 members (excludes halogenated alkanes) is 14. The van der Waals surface area contributed by atoms with E-state index in [1.807, 2.05) is 12.1 Å². The van der Waals surface area contributed by atoms with Gasteiger partial charge in [0.25, 0.3) is 0 Å². The van der Waals surface area contributed by atoms with Crippen molar-refractivity contribution in [3.8, 4) is 23.0 Å². The van der Waals surface area contributed by atoms with Gasteiger partial charge in [-0.25, -0.2) is 9.59 Å². The van der Waals surface area contributed by atoms with Gasteiger partial charge in [-0.3, -0.25) is 0 Å². The molecule has 2 unspecified atom stereocenters. The Hall–Kier alpha value is -3.46. The van der Waals surface area contributed by atoms with Gasteiger partial charge in [0.1, 0.15) is 13.2 Å². The molecule has 0 bridgehead atoms. The van der Waals surface area contributed by atoms with Crippen LogP contribution in [0.5, 0.6) is 23.0 Å². The summed E-state index contributed by atoms with van der Waals surface area (Å²) in [6, 6.07) is 14.2. The van der Waals surface area contributed by atoms with Crippen LogP contribution in [0, 0.1) is 0 Å². The number of hydrogen-bond donors (Lipinski definition) is 2. The first-order valence-corrected chi connectivity index (χ1v) is 18.8. The van der Waals surface area contributed by atoms with E-state index in [4.69, 9.17) is 23.7 Å². The second kappa shape index (κ2) is 27.4. The minimum atomic E-state index is -0.977. The Labute approximate surface area is 294 Å². The number of hydrogen-bond acceptors (Lipinski definition) is 7. The molecule has 0 aromatic heterocycles. The lowest BCUT2D eigenvalue weighted by atomic mass is 10.1. The van der Waals surface area contributed by atoms with Crippen LogP contribution in [0.1, 0.15) is 129 Å². The summed E-state index contributed by atoms with van der Waals surface area (Å²) in [6.07, 6.45) is 17.3. The van der Waals surface area contributed by atoms with Crippen LogP contribution < -0.4 is 18.9 Å². The summed E-state index contributed by atoms with van der Waals surface area (Å²) in [5.74, 6) is -0.218. The van der Waals surface area contributed by atoms with Crippen LogP contribution >= 0.6 is 0 Å². The quantitative estimate of drug-likeness (QED) is 0.0725. The Kier molecular flexibility index (Phi) is 23.3. The van der Waals surface area contributed by atoms with Crippen molar-refractivity contribution in [1.29, 1.82) is 0 Å². The minimum absolute atomic E-state index is 0.245. The Morgan fingerprint density at radius 1 is 0.490 bits per heavy atom. The number of carbonyl (C=O) groups is 2. The topological polar surface area (TPSA) is 121 Å². The van der Waals surface area contributed by atoms with Gasteiger partial charge in [0.2, 0.25) is 0 Å². The molecule has 0 aliphatic heterocycles. The van der Waals surface area contributed by atoms with E-state index in [2.05, 4.69) is 13.8 Å². The van der Waals surface area contributed by atoms with Crippen molar-refractivity contribution in [3.05, 3.63) is 48.5 Å². The van der Waals surface area contributed by atoms with Crippen molar-refractivity contribution in [2.75, 3.05) is 26.4 Å². The van der Waals surface area contributed by atoms with Crippen LogP contribution in [0.25, 0.3) is 0 Å². The largest absolute Gasteiger partial charge is 0.487 e. The smallest absolute Gasteiger partial charge is 0.344 e. The first kappa shape index (κ1) is 41.7. The lowest BCUT2D eigenvalue weighted by Crippen LogP contribution is -2.27. The number of ether oxygens (including phenoxy) is 5. The Morgan fingerprint density at radius 2 is 0.816 bits per heavy atom. The highest BCUT2D eigenvalue weighted by Crippen LogP contribution is 2.30. The molecule has 0 radical (unpaired) electrons. The molecule has 0 saturated carbocycles. The zero-order valence-electron chi connectivity index (χ0n) is 30.1. The van der Waals surface area contributed by atoms with E-state index in [0.717, 1.165) is 38.5 Å². The Balaban J connectivity index is 1.70.